The molecule has 106 valence electrons. The first-order valence-electron chi connectivity index (χ1n) is 6.73. The Hall–Kier alpha value is -1.26. The molecule has 19 heavy (non-hydrogen) atoms. The predicted molar refractivity (Wildman–Crippen MR) is 75.0 cm³/mol. The van der Waals surface area contributed by atoms with Crippen molar-refractivity contribution in [2.24, 2.45) is 0 Å². The Kier molecular flexibility index (Phi) is 4.32. The normalized spacial score (nSPS) is 22.2. The molecule has 2 atom stereocenters. The molecule has 2 rings (SSSR count). The van der Waals surface area contributed by atoms with Gasteiger partial charge in [0.1, 0.15) is 11.5 Å². The molecule has 1 aromatic rings. The van der Waals surface area contributed by atoms with Gasteiger partial charge in [0.2, 0.25) is 0 Å². The van der Waals surface area contributed by atoms with Crippen molar-refractivity contribution in [3.63, 3.8) is 0 Å². The van der Waals surface area contributed by atoms with Gasteiger partial charge in [-0.2, -0.15) is 0 Å². The quantitative estimate of drug-likeness (QED) is 0.867. The van der Waals surface area contributed by atoms with Crippen LogP contribution < -0.4 is 14.8 Å². The second kappa shape index (κ2) is 5.80. The first kappa shape index (κ1) is 14.2. The highest BCUT2D eigenvalue weighted by molar-refractivity contribution is 5.51. The van der Waals surface area contributed by atoms with E-state index in [0.717, 1.165) is 29.0 Å². The lowest BCUT2D eigenvalue weighted by atomic mass is 9.84. The molecule has 0 bridgehead atoms. The van der Waals surface area contributed by atoms with Gasteiger partial charge in [-0.1, -0.05) is 13.8 Å². The third-order valence-electron chi connectivity index (χ3n) is 3.63. The molecule has 2 unspecified atom stereocenters. The van der Waals surface area contributed by atoms with Crippen LogP contribution in [0.5, 0.6) is 11.5 Å². The van der Waals surface area contributed by atoms with Gasteiger partial charge in [-0.15, -0.1) is 0 Å². The minimum absolute atomic E-state index is 0.0634. The number of hydrogen-bond donors (Lipinski definition) is 2. The van der Waals surface area contributed by atoms with Gasteiger partial charge in [0.05, 0.1) is 20.3 Å². The van der Waals surface area contributed by atoms with Gasteiger partial charge in [-0.3, -0.25) is 0 Å². The maximum absolute atomic E-state index is 10.3. The summed E-state index contributed by atoms with van der Waals surface area (Å²) in [7, 11) is 3.34. The summed E-state index contributed by atoms with van der Waals surface area (Å²) in [5.41, 5.74) is 2.21. The summed E-state index contributed by atoms with van der Waals surface area (Å²) in [5.74, 6) is 1.70. The molecule has 0 saturated carbocycles. The van der Waals surface area contributed by atoms with Crippen molar-refractivity contribution in [3.05, 3.63) is 23.3 Å². The lowest BCUT2D eigenvalue weighted by molar-refractivity contribution is 0.113. The summed E-state index contributed by atoms with van der Waals surface area (Å²) in [6.45, 7) is 4.18. The van der Waals surface area contributed by atoms with Crippen LogP contribution in [-0.2, 0) is 12.8 Å². The van der Waals surface area contributed by atoms with Gasteiger partial charge < -0.3 is 19.9 Å². The van der Waals surface area contributed by atoms with E-state index in [4.69, 9.17) is 9.47 Å². The summed E-state index contributed by atoms with van der Waals surface area (Å²) >= 11 is 0. The molecule has 0 aliphatic heterocycles. The zero-order valence-corrected chi connectivity index (χ0v) is 12.1. The van der Waals surface area contributed by atoms with Crippen molar-refractivity contribution in [1.29, 1.82) is 0 Å². The van der Waals surface area contributed by atoms with Crippen LogP contribution in [0.4, 0.5) is 0 Å². The van der Waals surface area contributed by atoms with Crippen molar-refractivity contribution < 1.29 is 14.6 Å². The standard InChI is InChI=1S/C15H23NO3/c1-9(2)16-12-7-10-11(8-13(12)17)15(19-4)6-5-14(10)18-3/h5-6,9,12-13,16-17H,7-8H2,1-4H3. The lowest BCUT2D eigenvalue weighted by Crippen LogP contribution is -2.48. The van der Waals surface area contributed by atoms with Gasteiger partial charge in [0.15, 0.2) is 0 Å². The molecule has 4 heteroatoms. The van der Waals surface area contributed by atoms with Gasteiger partial charge in [-0.25, -0.2) is 0 Å². The van der Waals surface area contributed by atoms with E-state index in [1.165, 1.54) is 0 Å². The smallest absolute Gasteiger partial charge is 0.122 e. The van der Waals surface area contributed by atoms with Crippen molar-refractivity contribution in [2.45, 2.75) is 44.9 Å². The molecule has 4 nitrogen and oxygen atoms in total. The third-order valence-corrected chi connectivity index (χ3v) is 3.63. The van der Waals surface area contributed by atoms with Crippen LogP contribution >= 0.6 is 0 Å². The second-order valence-electron chi connectivity index (χ2n) is 5.33. The maximum Gasteiger partial charge on any atom is 0.122 e. The van der Waals surface area contributed by atoms with Gasteiger partial charge in [0, 0.05) is 29.6 Å². The largest absolute Gasteiger partial charge is 0.496 e. The van der Waals surface area contributed by atoms with Crippen LogP contribution in [0.3, 0.4) is 0 Å². The van der Waals surface area contributed by atoms with E-state index in [1.807, 2.05) is 12.1 Å². The SMILES string of the molecule is COc1ccc(OC)c2c1CC(O)C(NC(C)C)C2. The van der Waals surface area contributed by atoms with Gasteiger partial charge >= 0.3 is 0 Å². The Labute approximate surface area is 114 Å². The molecule has 1 aliphatic rings. The van der Waals surface area contributed by atoms with Crippen LogP contribution in [0, 0.1) is 0 Å². The summed E-state index contributed by atoms with van der Waals surface area (Å²) in [6.07, 6.45) is 0.964. The van der Waals surface area contributed by atoms with Crippen molar-refractivity contribution in [3.8, 4) is 11.5 Å². The highest BCUT2D eigenvalue weighted by atomic mass is 16.5. The Balaban J connectivity index is 2.36. The molecule has 1 aromatic carbocycles. The molecule has 1 aliphatic carbocycles. The fraction of sp³-hybridized carbons (Fsp3) is 0.600. The average molecular weight is 265 g/mol. The van der Waals surface area contributed by atoms with Crippen LogP contribution in [0.15, 0.2) is 12.1 Å². The molecule has 0 spiro atoms. The topological polar surface area (TPSA) is 50.7 Å². The molecular formula is C15H23NO3. The summed E-state index contributed by atoms with van der Waals surface area (Å²) in [5, 5.41) is 13.7. The molecule has 0 aromatic heterocycles. The highest BCUT2D eigenvalue weighted by Gasteiger charge is 2.31. The lowest BCUT2D eigenvalue weighted by Gasteiger charge is -2.33. The summed E-state index contributed by atoms with van der Waals surface area (Å²) in [6, 6.07) is 4.24. The molecular weight excluding hydrogens is 242 g/mol. The predicted octanol–water partition coefficient (Wildman–Crippen LogP) is 1.53. The van der Waals surface area contributed by atoms with E-state index in [-0.39, 0.29) is 6.04 Å². The first-order valence-corrected chi connectivity index (χ1v) is 6.73. The minimum Gasteiger partial charge on any atom is -0.496 e. The van der Waals surface area contributed by atoms with Crippen molar-refractivity contribution in [1.82, 2.24) is 5.32 Å². The average Bonchev–Trinajstić information content (AvgIpc) is 2.38. The highest BCUT2D eigenvalue weighted by Crippen LogP contribution is 2.36. The second-order valence-corrected chi connectivity index (χ2v) is 5.33. The summed E-state index contributed by atoms with van der Waals surface area (Å²) in [4.78, 5) is 0. The number of methoxy groups -OCH3 is 2. The zero-order valence-electron chi connectivity index (χ0n) is 12.1. The third kappa shape index (κ3) is 2.85. The number of aliphatic hydroxyl groups excluding tert-OH is 1. The number of rotatable bonds is 4. The number of benzene rings is 1. The fourth-order valence-electron chi connectivity index (χ4n) is 2.79. The Bertz CT molecular complexity index is 445. The van der Waals surface area contributed by atoms with Gasteiger partial charge in [0.25, 0.3) is 0 Å². The van der Waals surface area contributed by atoms with E-state index in [9.17, 15) is 5.11 Å². The Morgan fingerprint density at radius 1 is 1.11 bits per heavy atom. The van der Waals surface area contributed by atoms with Crippen LogP contribution in [0.2, 0.25) is 0 Å². The number of fused-ring (bicyclic) bond motifs is 1. The fourth-order valence-corrected chi connectivity index (χ4v) is 2.79. The van der Waals surface area contributed by atoms with Crippen LogP contribution in [0.25, 0.3) is 0 Å². The van der Waals surface area contributed by atoms with Crippen molar-refractivity contribution >= 4 is 0 Å². The van der Waals surface area contributed by atoms with Crippen LogP contribution in [-0.4, -0.2) is 37.5 Å². The number of ether oxygens (including phenoxy) is 2. The molecule has 0 fully saturated rings. The molecule has 0 radical (unpaired) electrons. The van der Waals surface area contributed by atoms with E-state index in [1.54, 1.807) is 14.2 Å². The zero-order chi connectivity index (χ0) is 14.0. The minimum atomic E-state index is -0.393. The van der Waals surface area contributed by atoms with E-state index < -0.39 is 6.10 Å². The Morgan fingerprint density at radius 2 is 1.63 bits per heavy atom. The van der Waals surface area contributed by atoms with Crippen molar-refractivity contribution in [2.75, 3.05) is 14.2 Å². The van der Waals surface area contributed by atoms with E-state index in [2.05, 4.69) is 19.2 Å². The monoisotopic (exact) mass is 265 g/mol. The van der Waals surface area contributed by atoms with E-state index in [0.29, 0.717) is 12.5 Å². The molecule has 0 saturated heterocycles. The number of hydrogen-bond acceptors (Lipinski definition) is 4. The summed E-state index contributed by atoms with van der Waals surface area (Å²) < 4.78 is 10.8. The van der Waals surface area contributed by atoms with Crippen LogP contribution in [0.1, 0.15) is 25.0 Å². The molecule has 0 heterocycles. The molecule has 2 N–H and O–H groups in total. The Morgan fingerprint density at radius 3 is 2.11 bits per heavy atom. The van der Waals surface area contributed by atoms with Gasteiger partial charge in [-0.05, 0) is 18.6 Å². The first-order chi connectivity index (χ1) is 9.06. The maximum atomic E-state index is 10.3. The number of nitrogens with one attached hydrogen (secondary N) is 1. The molecule has 0 amide bonds. The van der Waals surface area contributed by atoms with E-state index >= 15 is 0 Å². The number of aliphatic hydroxyl groups is 1.